The second-order valence-corrected chi connectivity index (χ2v) is 4.62. The summed E-state index contributed by atoms with van der Waals surface area (Å²) in [6, 6.07) is 13.9. The molecule has 0 spiro atoms. The van der Waals surface area contributed by atoms with Crippen molar-refractivity contribution in [3.8, 4) is 11.5 Å². The first-order valence-electron chi connectivity index (χ1n) is 6.64. The average molecular weight is 282 g/mol. The fourth-order valence-electron chi connectivity index (χ4n) is 2.10. The minimum absolute atomic E-state index is 0.0965. The first kappa shape index (κ1) is 13.2. The van der Waals surface area contributed by atoms with Gasteiger partial charge in [-0.25, -0.2) is 0 Å². The highest BCUT2D eigenvalue weighted by Crippen LogP contribution is 2.32. The quantitative estimate of drug-likeness (QED) is 0.533. The number of ketones is 1. The van der Waals surface area contributed by atoms with E-state index < -0.39 is 0 Å². The van der Waals surface area contributed by atoms with Crippen LogP contribution in [0.3, 0.4) is 0 Å². The molecule has 3 rings (SSSR count). The molecule has 0 amide bonds. The van der Waals surface area contributed by atoms with Crippen LogP contribution >= 0.6 is 0 Å². The van der Waals surface area contributed by atoms with Gasteiger partial charge in [-0.15, -0.1) is 0 Å². The van der Waals surface area contributed by atoms with Crippen molar-refractivity contribution in [1.29, 1.82) is 0 Å². The number of carbonyl (C=O) groups excluding carboxylic acids is 1. The van der Waals surface area contributed by atoms with E-state index in [1.165, 1.54) is 6.08 Å². The number of benzene rings is 2. The van der Waals surface area contributed by atoms with Crippen LogP contribution in [-0.4, -0.2) is 24.1 Å². The van der Waals surface area contributed by atoms with Crippen LogP contribution in [0.5, 0.6) is 11.5 Å². The number of fused-ring (bicyclic) bond motifs is 1. The first-order chi connectivity index (χ1) is 10.2. The molecule has 0 unspecified atom stereocenters. The normalized spacial score (nSPS) is 13.8. The van der Waals surface area contributed by atoms with Crippen LogP contribution in [0, 0.1) is 0 Å². The lowest BCUT2D eigenvalue weighted by Crippen LogP contribution is -2.15. The predicted octanol–water partition coefficient (Wildman–Crippen LogP) is 3.24. The Kier molecular flexibility index (Phi) is 3.60. The van der Waals surface area contributed by atoms with Crippen LogP contribution in [0.25, 0.3) is 5.76 Å². The molecule has 21 heavy (non-hydrogen) atoms. The largest absolute Gasteiger partial charge is 0.507 e. The van der Waals surface area contributed by atoms with Crippen molar-refractivity contribution >= 4 is 11.5 Å². The molecule has 0 radical (unpaired) electrons. The van der Waals surface area contributed by atoms with Crippen LogP contribution in [0.1, 0.15) is 15.9 Å². The van der Waals surface area contributed by atoms with Gasteiger partial charge in [-0.05, 0) is 18.2 Å². The lowest BCUT2D eigenvalue weighted by Gasteiger charge is -2.18. The molecule has 106 valence electrons. The standard InChI is InChI=1S/C17H14O4/c18-14(12-4-2-1-3-5-12)11-15(19)13-6-7-16-17(10-13)21-9-8-20-16/h1-7,10-11,19H,8-9H2. The average Bonchev–Trinajstić information content (AvgIpc) is 2.55. The molecule has 0 fully saturated rings. The summed E-state index contributed by atoms with van der Waals surface area (Å²) >= 11 is 0. The molecule has 1 aliphatic heterocycles. The van der Waals surface area contributed by atoms with Gasteiger partial charge in [-0.1, -0.05) is 30.3 Å². The van der Waals surface area contributed by atoms with Crippen molar-refractivity contribution in [2.24, 2.45) is 0 Å². The monoisotopic (exact) mass is 282 g/mol. The maximum Gasteiger partial charge on any atom is 0.189 e. The Bertz CT molecular complexity index is 689. The molecule has 0 aliphatic carbocycles. The van der Waals surface area contributed by atoms with Crippen molar-refractivity contribution in [2.45, 2.75) is 0 Å². The maximum atomic E-state index is 12.0. The van der Waals surface area contributed by atoms with E-state index in [-0.39, 0.29) is 11.5 Å². The summed E-state index contributed by atoms with van der Waals surface area (Å²) in [6.07, 6.45) is 1.21. The van der Waals surface area contributed by atoms with Gasteiger partial charge in [0.15, 0.2) is 17.3 Å². The van der Waals surface area contributed by atoms with Crippen LogP contribution in [0.2, 0.25) is 0 Å². The van der Waals surface area contributed by atoms with Crippen molar-refractivity contribution in [1.82, 2.24) is 0 Å². The summed E-state index contributed by atoms with van der Waals surface area (Å²) in [6.45, 7) is 0.991. The number of hydrogen-bond donors (Lipinski definition) is 1. The zero-order valence-electron chi connectivity index (χ0n) is 11.3. The molecule has 4 heteroatoms. The Balaban J connectivity index is 1.86. The fraction of sp³-hybridized carbons (Fsp3) is 0.118. The molecule has 4 nitrogen and oxygen atoms in total. The topological polar surface area (TPSA) is 55.8 Å². The molecule has 1 heterocycles. The number of ether oxygens (including phenoxy) is 2. The number of carbonyl (C=O) groups is 1. The number of aliphatic hydroxyl groups excluding tert-OH is 1. The number of aliphatic hydroxyl groups is 1. The van der Waals surface area contributed by atoms with Crippen LogP contribution < -0.4 is 9.47 Å². The number of rotatable bonds is 3. The molecule has 0 atom stereocenters. The third kappa shape index (κ3) is 2.89. The van der Waals surface area contributed by atoms with E-state index in [2.05, 4.69) is 0 Å². The molecular formula is C17H14O4. The molecule has 0 aromatic heterocycles. The van der Waals surface area contributed by atoms with Crippen molar-refractivity contribution in [3.63, 3.8) is 0 Å². The van der Waals surface area contributed by atoms with E-state index in [0.29, 0.717) is 35.8 Å². The van der Waals surface area contributed by atoms with Gasteiger partial charge in [0.05, 0.1) is 0 Å². The fourth-order valence-corrected chi connectivity index (χ4v) is 2.10. The molecule has 1 N–H and O–H groups in total. The minimum Gasteiger partial charge on any atom is -0.507 e. The van der Waals surface area contributed by atoms with Gasteiger partial charge in [0, 0.05) is 17.2 Å². The van der Waals surface area contributed by atoms with Crippen LogP contribution in [0.4, 0.5) is 0 Å². The van der Waals surface area contributed by atoms with Crippen LogP contribution in [0.15, 0.2) is 54.6 Å². The third-order valence-corrected chi connectivity index (χ3v) is 3.16. The van der Waals surface area contributed by atoms with E-state index in [0.717, 1.165) is 0 Å². The Morgan fingerprint density at radius 3 is 2.43 bits per heavy atom. The van der Waals surface area contributed by atoms with Crippen LogP contribution in [-0.2, 0) is 0 Å². The maximum absolute atomic E-state index is 12.0. The van der Waals surface area contributed by atoms with Crippen molar-refractivity contribution in [3.05, 3.63) is 65.7 Å². The second kappa shape index (κ2) is 5.71. The van der Waals surface area contributed by atoms with Gasteiger partial charge in [0.2, 0.25) is 0 Å². The van der Waals surface area contributed by atoms with Gasteiger partial charge in [-0.2, -0.15) is 0 Å². The van der Waals surface area contributed by atoms with E-state index in [1.54, 1.807) is 42.5 Å². The van der Waals surface area contributed by atoms with Gasteiger partial charge in [0.1, 0.15) is 19.0 Å². The zero-order valence-corrected chi connectivity index (χ0v) is 11.3. The highest BCUT2D eigenvalue weighted by molar-refractivity contribution is 6.07. The van der Waals surface area contributed by atoms with E-state index in [4.69, 9.17) is 9.47 Å². The summed E-state index contributed by atoms with van der Waals surface area (Å²) in [5.41, 5.74) is 1.05. The summed E-state index contributed by atoms with van der Waals surface area (Å²) in [5, 5.41) is 10.1. The van der Waals surface area contributed by atoms with Gasteiger partial charge >= 0.3 is 0 Å². The summed E-state index contributed by atoms with van der Waals surface area (Å²) in [5.74, 6) is 0.877. The summed E-state index contributed by atoms with van der Waals surface area (Å²) < 4.78 is 10.9. The molecule has 0 bridgehead atoms. The molecule has 0 saturated heterocycles. The predicted molar refractivity (Wildman–Crippen MR) is 78.8 cm³/mol. The molecule has 1 aliphatic rings. The highest BCUT2D eigenvalue weighted by atomic mass is 16.6. The molecule has 2 aromatic rings. The molecular weight excluding hydrogens is 268 g/mol. The Hall–Kier alpha value is -2.75. The SMILES string of the molecule is O=C(C=C(O)c1ccc2c(c1)OCCO2)c1ccccc1. The smallest absolute Gasteiger partial charge is 0.189 e. The van der Waals surface area contributed by atoms with Gasteiger partial charge in [0.25, 0.3) is 0 Å². The Morgan fingerprint density at radius 1 is 0.952 bits per heavy atom. The Morgan fingerprint density at radius 2 is 1.67 bits per heavy atom. The minimum atomic E-state index is -0.247. The Labute approximate surface area is 122 Å². The molecule has 0 saturated carbocycles. The number of hydrogen-bond acceptors (Lipinski definition) is 4. The van der Waals surface area contributed by atoms with Crippen molar-refractivity contribution in [2.75, 3.05) is 13.2 Å². The zero-order chi connectivity index (χ0) is 14.7. The summed E-state index contributed by atoms with van der Waals surface area (Å²) in [7, 11) is 0. The second-order valence-electron chi connectivity index (χ2n) is 4.62. The lowest BCUT2D eigenvalue weighted by atomic mass is 10.1. The summed E-state index contributed by atoms with van der Waals surface area (Å²) in [4.78, 5) is 12.0. The highest BCUT2D eigenvalue weighted by Gasteiger charge is 2.13. The first-order valence-corrected chi connectivity index (χ1v) is 6.64. The number of allylic oxidation sites excluding steroid dienone is 1. The van der Waals surface area contributed by atoms with E-state index in [1.807, 2.05) is 6.07 Å². The lowest BCUT2D eigenvalue weighted by molar-refractivity contribution is 0.104. The molecule has 2 aromatic carbocycles. The van der Waals surface area contributed by atoms with Gasteiger partial charge < -0.3 is 14.6 Å². The van der Waals surface area contributed by atoms with E-state index >= 15 is 0 Å². The van der Waals surface area contributed by atoms with Gasteiger partial charge in [-0.3, -0.25) is 4.79 Å². The third-order valence-electron chi connectivity index (χ3n) is 3.16. The van der Waals surface area contributed by atoms with Crippen molar-refractivity contribution < 1.29 is 19.4 Å². The van der Waals surface area contributed by atoms with E-state index in [9.17, 15) is 9.90 Å².